The molecule has 190 valence electrons. The number of benzene rings is 1. The van der Waals surface area contributed by atoms with E-state index in [2.05, 4.69) is 32.3 Å². The maximum absolute atomic E-state index is 13.4. The van der Waals surface area contributed by atoms with Crippen molar-refractivity contribution in [2.45, 2.75) is 44.2 Å². The fourth-order valence-electron chi connectivity index (χ4n) is 3.79. The number of aromatic nitrogens is 4. The van der Waals surface area contributed by atoms with Gasteiger partial charge in [-0.3, -0.25) is 14.3 Å². The Morgan fingerprint density at radius 3 is 2.69 bits per heavy atom. The minimum absolute atomic E-state index is 0.00591. The van der Waals surface area contributed by atoms with Crippen LogP contribution in [-0.2, 0) is 19.3 Å². The van der Waals surface area contributed by atoms with E-state index in [4.69, 9.17) is 17.3 Å². The number of amides is 2. The zero-order chi connectivity index (χ0) is 26.0. The highest BCUT2D eigenvalue weighted by Crippen LogP contribution is 2.35. The number of allylic oxidation sites excluding steroid dienone is 1. The third kappa shape index (κ3) is 5.60. The van der Waals surface area contributed by atoms with Gasteiger partial charge in [-0.15, -0.1) is 6.58 Å². The van der Waals surface area contributed by atoms with Crippen LogP contribution in [0, 0.1) is 0 Å². The van der Waals surface area contributed by atoms with Gasteiger partial charge in [0.05, 0.1) is 34.6 Å². The molecule has 9 nitrogen and oxygen atoms in total. The maximum atomic E-state index is 13.4. The van der Waals surface area contributed by atoms with Crippen molar-refractivity contribution >= 4 is 23.4 Å². The van der Waals surface area contributed by atoms with Crippen LogP contribution in [0.1, 0.15) is 45.1 Å². The molecule has 0 spiro atoms. The van der Waals surface area contributed by atoms with Gasteiger partial charge in [-0.1, -0.05) is 23.7 Å². The number of hydrogen-bond donors (Lipinski definition) is 4. The third-order valence-corrected chi connectivity index (χ3v) is 5.98. The Kier molecular flexibility index (Phi) is 7.18. The van der Waals surface area contributed by atoms with Gasteiger partial charge in [0.1, 0.15) is 0 Å². The average Bonchev–Trinajstić information content (AvgIpc) is 3.44. The summed E-state index contributed by atoms with van der Waals surface area (Å²) in [7, 11) is 0. The van der Waals surface area contributed by atoms with E-state index in [9.17, 15) is 22.8 Å². The summed E-state index contributed by atoms with van der Waals surface area (Å²) in [5, 5.41) is 9.27. The van der Waals surface area contributed by atoms with E-state index in [1.807, 2.05) is 0 Å². The predicted octanol–water partition coefficient (Wildman–Crippen LogP) is 3.28. The van der Waals surface area contributed by atoms with Gasteiger partial charge in [0.15, 0.2) is 11.5 Å². The summed E-state index contributed by atoms with van der Waals surface area (Å²) in [6.07, 6.45) is 0.505. The van der Waals surface area contributed by atoms with Crippen molar-refractivity contribution in [1.82, 2.24) is 30.4 Å². The first-order valence-corrected chi connectivity index (χ1v) is 11.4. The Labute approximate surface area is 208 Å². The molecule has 1 fully saturated rings. The number of halogens is 4. The second-order valence-corrected chi connectivity index (χ2v) is 8.85. The van der Waals surface area contributed by atoms with Crippen LogP contribution in [0.15, 0.2) is 43.2 Å². The van der Waals surface area contributed by atoms with Crippen LogP contribution in [0.4, 0.5) is 13.2 Å². The van der Waals surface area contributed by atoms with Crippen LogP contribution in [-0.4, -0.2) is 43.6 Å². The summed E-state index contributed by atoms with van der Waals surface area (Å²) in [6, 6.07) is 4.89. The molecule has 1 aliphatic carbocycles. The summed E-state index contributed by atoms with van der Waals surface area (Å²) in [6.45, 7) is 3.63. The minimum Gasteiger partial charge on any atom is -0.349 e. The average molecular weight is 522 g/mol. The summed E-state index contributed by atoms with van der Waals surface area (Å²) in [5.74, 6) is -1.10. The number of H-pyrrole nitrogens is 1. The van der Waals surface area contributed by atoms with Crippen molar-refractivity contribution in [3.8, 4) is 11.3 Å². The molecule has 0 saturated heterocycles. The number of aromatic amines is 1. The molecular formula is C23H23ClF3N7O2. The summed E-state index contributed by atoms with van der Waals surface area (Å²) >= 11 is 6.25. The first-order valence-electron chi connectivity index (χ1n) is 11.0. The molecule has 0 radical (unpaired) electrons. The molecule has 36 heavy (non-hydrogen) atoms. The Morgan fingerprint density at radius 2 is 2.06 bits per heavy atom. The van der Waals surface area contributed by atoms with E-state index in [0.29, 0.717) is 11.1 Å². The first-order chi connectivity index (χ1) is 17.0. The Hall–Kier alpha value is -3.64. The van der Waals surface area contributed by atoms with Gasteiger partial charge >= 0.3 is 6.18 Å². The van der Waals surface area contributed by atoms with Crippen molar-refractivity contribution in [2.24, 2.45) is 5.73 Å². The number of rotatable bonds is 8. The van der Waals surface area contributed by atoms with E-state index in [0.717, 1.165) is 23.7 Å². The molecule has 3 aromatic rings. The number of alkyl halides is 3. The molecule has 1 aliphatic rings. The second-order valence-electron chi connectivity index (χ2n) is 8.44. The summed E-state index contributed by atoms with van der Waals surface area (Å²) in [5.41, 5.74) is 5.31. The minimum atomic E-state index is -4.69. The lowest BCUT2D eigenvalue weighted by Gasteiger charge is -2.33. The van der Waals surface area contributed by atoms with E-state index in [1.165, 1.54) is 12.3 Å². The third-order valence-electron chi connectivity index (χ3n) is 5.67. The van der Waals surface area contributed by atoms with Gasteiger partial charge < -0.3 is 21.4 Å². The van der Waals surface area contributed by atoms with Crippen LogP contribution in [0.3, 0.4) is 0 Å². The SMILES string of the molecule is C=CCn1cc(-c2cnc(C(=O)NCc3ccc(C(=O)NC4CC(N)C4)c(Cl)c3)[nH]2)c(C(F)(F)F)n1. The van der Waals surface area contributed by atoms with E-state index in [1.54, 1.807) is 18.2 Å². The number of hydrogen-bond acceptors (Lipinski definition) is 5. The van der Waals surface area contributed by atoms with Crippen molar-refractivity contribution in [3.05, 3.63) is 70.9 Å². The highest BCUT2D eigenvalue weighted by atomic mass is 35.5. The molecule has 5 N–H and O–H groups in total. The van der Waals surface area contributed by atoms with Crippen molar-refractivity contribution in [3.63, 3.8) is 0 Å². The van der Waals surface area contributed by atoms with Crippen molar-refractivity contribution < 1.29 is 22.8 Å². The monoisotopic (exact) mass is 521 g/mol. The zero-order valence-electron chi connectivity index (χ0n) is 18.9. The highest BCUT2D eigenvalue weighted by Gasteiger charge is 2.38. The molecule has 0 atom stereocenters. The van der Waals surface area contributed by atoms with Gasteiger partial charge in [0.2, 0.25) is 0 Å². The largest absolute Gasteiger partial charge is 0.435 e. The van der Waals surface area contributed by atoms with Gasteiger partial charge in [-0.05, 0) is 30.5 Å². The quantitative estimate of drug-likeness (QED) is 0.338. The van der Waals surface area contributed by atoms with Crippen molar-refractivity contribution in [1.29, 1.82) is 0 Å². The molecule has 2 heterocycles. The van der Waals surface area contributed by atoms with Crippen LogP contribution >= 0.6 is 11.6 Å². The number of carbonyl (C=O) groups excluding carboxylic acids is 2. The van der Waals surface area contributed by atoms with E-state index in [-0.39, 0.29) is 53.2 Å². The number of imidazole rings is 1. The maximum Gasteiger partial charge on any atom is 0.435 e. The lowest BCUT2D eigenvalue weighted by Crippen LogP contribution is -2.50. The van der Waals surface area contributed by atoms with Crippen LogP contribution in [0.25, 0.3) is 11.3 Å². The van der Waals surface area contributed by atoms with Crippen molar-refractivity contribution in [2.75, 3.05) is 0 Å². The number of nitrogens with zero attached hydrogens (tertiary/aromatic N) is 3. The Bertz CT molecular complexity index is 1300. The molecule has 2 aromatic heterocycles. The fraction of sp³-hybridized carbons (Fsp3) is 0.304. The molecule has 0 aliphatic heterocycles. The lowest BCUT2D eigenvalue weighted by atomic mass is 9.87. The molecule has 1 aromatic carbocycles. The standard InChI is InChI=1S/C23H23ClF3N7O2/c1-2-5-34-11-16(19(33-34)23(25,26)27)18-10-29-20(32-18)22(36)30-9-12-3-4-15(17(24)6-12)21(35)31-14-7-13(28)8-14/h2-4,6,10-11,13-14H,1,5,7-9,28H2,(H,29,32)(H,30,36)(H,31,35). The van der Waals surface area contributed by atoms with Gasteiger partial charge in [-0.2, -0.15) is 18.3 Å². The highest BCUT2D eigenvalue weighted by molar-refractivity contribution is 6.33. The van der Waals surface area contributed by atoms with Gasteiger partial charge in [0, 0.05) is 24.8 Å². The predicted molar refractivity (Wildman–Crippen MR) is 126 cm³/mol. The van der Waals surface area contributed by atoms with Crippen LogP contribution in [0.2, 0.25) is 5.02 Å². The summed E-state index contributed by atoms with van der Waals surface area (Å²) in [4.78, 5) is 31.4. The Morgan fingerprint density at radius 1 is 1.31 bits per heavy atom. The number of nitrogens with one attached hydrogen (secondary N) is 3. The molecule has 1 saturated carbocycles. The number of nitrogens with two attached hydrogens (primary N) is 1. The molecule has 0 unspecified atom stereocenters. The summed E-state index contributed by atoms with van der Waals surface area (Å²) < 4.78 is 41.3. The molecule has 2 amide bonds. The van der Waals surface area contributed by atoms with Gasteiger partial charge in [-0.25, -0.2) is 4.98 Å². The van der Waals surface area contributed by atoms with Crippen LogP contribution in [0.5, 0.6) is 0 Å². The Balaban J connectivity index is 1.40. The molecule has 13 heteroatoms. The van der Waals surface area contributed by atoms with Crippen LogP contribution < -0.4 is 16.4 Å². The second kappa shape index (κ2) is 10.2. The molecular weight excluding hydrogens is 499 g/mol. The molecule has 4 rings (SSSR count). The molecule has 0 bridgehead atoms. The first kappa shape index (κ1) is 25.5. The lowest BCUT2D eigenvalue weighted by molar-refractivity contribution is -0.141. The van der Waals surface area contributed by atoms with Gasteiger partial charge in [0.25, 0.3) is 11.8 Å². The topological polar surface area (TPSA) is 131 Å². The zero-order valence-corrected chi connectivity index (χ0v) is 19.7. The van der Waals surface area contributed by atoms with E-state index < -0.39 is 17.8 Å². The number of carbonyl (C=O) groups is 2. The fourth-order valence-corrected chi connectivity index (χ4v) is 4.08. The normalized spacial score (nSPS) is 17.4. The smallest absolute Gasteiger partial charge is 0.349 e. The van der Waals surface area contributed by atoms with E-state index >= 15 is 0 Å².